The first-order chi connectivity index (χ1) is 9.74. The van der Waals surface area contributed by atoms with Gasteiger partial charge < -0.3 is 11.1 Å². The second-order valence-corrected chi connectivity index (χ2v) is 5.37. The maximum atomic E-state index is 13.6. The highest BCUT2D eigenvalue weighted by Crippen LogP contribution is 2.42. The number of carbonyl (C=O) groups excluding carboxylic acids is 1. The number of hydrogen-bond acceptors (Lipinski definition) is 2. The molecule has 116 valence electrons. The van der Waals surface area contributed by atoms with Crippen LogP contribution >= 0.6 is 0 Å². The molecule has 0 aromatic heterocycles. The van der Waals surface area contributed by atoms with Gasteiger partial charge in [-0.25, -0.2) is 4.39 Å². The van der Waals surface area contributed by atoms with Gasteiger partial charge in [0.25, 0.3) is 0 Å². The first-order valence-electron chi connectivity index (χ1n) is 6.64. The van der Waals surface area contributed by atoms with Crippen molar-refractivity contribution < 1.29 is 22.4 Å². The molecule has 1 aliphatic rings. The third kappa shape index (κ3) is 3.28. The molecule has 2 rings (SSSR count). The summed E-state index contributed by atoms with van der Waals surface area (Å²) in [6, 6.07) is 5.69. The summed E-state index contributed by atoms with van der Waals surface area (Å²) >= 11 is 0. The van der Waals surface area contributed by atoms with E-state index >= 15 is 0 Å². The summed E-state index contributed by atoms with van der Waals surface area (Å²) in [5, 5.41) is 2.72. The second-order valence-electron chi connectivity index (χ2n) is 5.37. The van der Waals surface area contributed by atoms with Gasteiger partial charge in [0, 0.05) is 0 Å². The molecule has 1 aromatic rings. The zero-order chi connectivity index (χ0) is 15.7. The van der Waals surface area contributed by atoms with Crippen LogP contribution in [0.3, 0.4) is 0 Å². The summed E-state index contributed by atoms with van der Waals surface area (Å²) in [6.45, 7) is 0. The Balaban J connectivity index is 2.17. The molecule has 0 aliphatic heterocycles. The summed E-state index contributed by atoms with van der Waals surface area (Å²) in [5.74, 6) is -2.77. The van der Waals surface area contributed by atoms with E-state index in [4.69, 9.17) is 5.73 Å². The molecule has 1 amide bonds. The van der Waals surface area contributed by atoms with Gasteiger partial charge in [0.05, 0.1) is 11.6 Å². The number of alkyl halides is 3. The van der Waals surface area contributed by atoms with E-state index in [0.29, 0.717) is 0 Å². The van der Waals surface area contributed by atoms with Crippen LogP contribution in [0.2, 0.25) is 0 Å². The van der Waals surface area contributed by atoms with Gasteiger partial charge in [-0.3, -0.25) is 4.79 Å². The largest absolute Gasteiger partial charge is 0.391 e. The second kappa shape index (κ2) is 5.54. The predicted octanol–water partition coefficient (Wildman–Crippen LogP) is 3.21. The zero-order valence-electron chi connectivity index (χ0n) is 11.2. The van der Waals surface area contributed by atoms with Crippen molar-refractivity contribution in [1.82, 2.24) is 0 Å². The highest BCUT2D eigenvalue weighted by molar-refractivity contribution is 5.88. The lowest BCUT2D eigenvalue weighted by Gasteiger charge is -2.39. The number of nitrogens with two attached hydrogens (primary N) is 1. The maximum absolute atomic E-state index is 13.6. The van der Waals surface area contributed by atoms with Crippen molar-refractivity contribution in [2.45, 2.75) is 37.4 Å². The molecule has 1 saturated carbocycles. The van der Waals surface area contributed by atoms with E-state index in [0.717, 1.165) is 0 Å². The minimum Gasteiger partial charge on any atom is -0.369 e. The molecule has 0 heterocycles. The first-order valence-corrected chi connectivity index (χ1v) is 6.64. The van der Waals surface area contributed by atoms with Gasteiger partial charge in [-0.1, -0.05) is 12.1 Å². The van der Waals surface area contributed by atoms with Crippen LogP contribution in [0.5, 0.6) is 0 Å². The molecule has 3 N–H and O–H groups in total. The van der Waals surface area contributed by atoms with Crippen LogP contribution < -0.4 is 11.1 Å². The number of nitrogens with one attached hydrogen (secondary N) is 1. The van der Waals surface area contributed by atoms with Gasteiger partial charge in [0.1, 0.15) is 11.4 Å². The quantitative estimate of drug-likeness (QED) is 0.843. The molecule has 7 heteroatoms. The van der Waals surface area contributed by atoms with Crippen LogP contribution in [0, 0.1) is 11.7 Å². The SMILES string of the molecule is NC(=O)C1(Nc2ccccc2F)CCC(C(F)(F)F)CC1. The number of halogens is 4. The smallest absolute Gasteiger partial charge is 0.369 e. The predicted molar refractivity (Wildman–Crippen MR) is 70.0 cm³/mol. The molecule has 3 nitrogen and oxygen atoms in total. The Morgan fingerprint density at radius 1 is 1.24 bits per heavy atom. The lowest BCUT2D eigenvalue weighted by molar-refractivity contribution is -0.184. The van der Waals surface area contributed by atoms with E-state index in [-0.39, 0.29) is 31.4 Å². The molecule has 0 atom stereocenters. The van der Waals surface area contributed by atoms with Crippen molar-refractivity contribution in [2.24, 2.45) is 11.7 Å². The minimum absolute atomic E-state index is 0.0686. The number of para-hydroxylation sites is 1. The van der Waals surface area contributed by atoms with Crippen molar-refractivity contribution in [3.8, 4) is 0 Å². The Labute approximate surface area is 119 Å². The molecule has 21 heavy (non-hydrogen) atoms. The van der Waals surface area contributed by atoms with Crippen LogP contribution in [-0.4, -0.2) is 17.6 Å². The average molecular weight is 304 g/mol. The van der Waals surface area contributed by atoms with Gasteiger partial charge in [0.15, 0.2) is 0 Å². The topological polar surface area (TPSA) is 55.1 Å². The molecule has 1 aliphatic carbocycles. The van der Waals surface area contributed by atoms with Crippen LogP contribution in [0.4, 0.5) is 23.2 Å². The highest BCUT2D eigenvalue weighted by atomic mass is 19.4. The van der Waals surface area contributed by atoms with E-state index in [1.807, 2.05) is 0 Å². The van der Waals surface area contributed by atoms with Crippen molar-refractivity contribution >= 4 is 11.6 Å². The Morgan fingerprint density at radius 3 is 2.29 bits per heavy atom. The standard InChI is InChI=1S/C14H16F4N2O/c15-10-3-1-2-4-11(10)20-13(12(19)21)7-5-9(6-8-13)14(16,17)18/h1-4,9,20H,5-8H2,(H2,19,21). The lowest BCUT2D eigenvalue weighted by Crippen LogP contribution is -2.53. The van der Waals surface area contributed by atoms with Crippen LogP contribution in [0.15, 0.2) is 24.3 Å². The van der Waals surface area contributed by atoms with Gasteiger partial charge in [-0.2, -0.15) is 13.2 Å². The van der Waals surface area contributed by atoms with Gasteiger partial charge in [0.2, 0.25) is 5.91 Å². The number of carbonyl (C=O) groups is 1. The van der Waals surface area contributed by atoms with Gasteiger partial charge in [-0.15, -0.1) is 0 Å². The van der Waals surface area contributed by atoms with Crippen molar-refractivity contribution in [3.63, 3.8) is 0 Å². The van der Waals surface area contributed by atoms with Crippen molar-refractivity contribution in [3.05, 3.63) is 30.1 Å². The molecule has 1 fully saturated rings. The van der Waals surface area contributed by atoms with Crippen LogP contribution in [-0.2, 0) is 4.79 Å². The molecule has 0 bridgehead atoms. The summed E-state index contributed by atoms with van der Waals surface area (Å²) in [7, 11) is 0. The summed E-state index contributed by atoms with van der Waals surface area (Å²) in [5.41, 5.74) is 4.09. The molecule has 1 aromatic carbocycles. The number of hydrogen-bond donors (Lipinski definition) is 2. The highest BCUT2D eigenvalue weighted by Gasteiger charge is 2.48. The van der Waals surface area contributed by atoms with Gasteiger partial charge >= 0.3 is 6.18 Å². The number of amides is 1. The zero-order valence-corrected chi connectivity index (χ0v) is 11.2. The molecule has 0 radical (unpaired) electrons. The average Bonchev–Trinajstić information content (AvgIpc) is 2.41. The Morgan fingerprint density at radius 2 is 1.81 bits per heavy atom. The van der Waals surface area contributed by atoms with E-state index < -0.39 is 29.4 Å². The monoisotopic (exact) mass is 304 g/mol. The minimum atomic E-state index is -4.28. The van der Waals surface area contributed by atoms with Gasteiger partial charge in [-0.05, 0) is 37.8 Å². The third-order valence-corrected chi connectivity index (χ3v) is 4.02. The van der Waals surface area contributed by atoms with Crippen molar-refractivity contribution in [2.75, 3.05) is 5.32 Å². The van der Waals surface area contributed by atoms with E-state index in [2.05, 4.69) is 5.32 Å². The number of benzene rings is 1. The lowest BCUT2D eigenvalue weighted by atomic mass is 9.75. The van der Waals surface area contributed by atoms with E-state index in [1.54, 1.807) is 6.07 Å². The number of primary amides is 1. The fourth-order valence-electron chi connectivity index (χ4n) is 2.69. The normalized spacial score (nSPS) is 26.4. The van der Waals surface area contributed by atoms with Crippen LogP contribution in [0.25, 0.3) is 0 Å². The molecule has 0 unspecified atom stereocenters. The van der Waals surface area contributed by atoms with E-state index in [1.165, 1.54) is 18.2 Å². The number of rotatable bonds is 3. The fraction of sp³-hybridized carbons (Fsp3) is 0.500. The summed E-state index contributed by atoms with van der Waals surface area (Å²) in [4.78, 5) is 11.7. The molecule has 0 saturated heterocycles. The Kier molecular flexibility index (Phi) is 4.11. The Bertz CT molecular complexity index is 522. The summed E-state index contributed by atoms with van der Waals surface area (Å²) < 4.78 is 51.7. The molecular weight excluding hydrogens is 288 g/mol. The molecular formula is C14H16F4N2O. The third-order valence-electron chi connectivity index (χ3n) is 4.02. The Hall–Kier alpha value is -1.79. The number of anilines is 1. The first kappa shape index (κ1) is 15.6. The van der Waals surface area contributed by atoms with Crippen LogP contribution in [0.1, 0.15) is 25.7 Å². The summed E-state index contributed by atoms with van der Waals surface area (Å²) in [6.07, 6.45) is -4.81. The maximum Gasteiger partial charge on any atom is 0.391 e. The van der Waals surface area contributed by atoms with Crippen molar-refractivity contribution in [1.29, 1.82) is 0 Å². The fourth-order valence-corrected chi connectivity index (χ4v) is 2.69. The van der Waals surface area contributed by atoms with E-state index in [9.17, 15) is 22.4 Å². The molecule has 0 spiro atoms.